The summed E-state index contributed by atoms with van der Waals surface area (Å²) in [6.45, 7) is 3.73. The van der Waals surface area contributed by atoms with E-state index in [1.54, 1.807) is 0 Å². The van der Waals surface area contributed by atoms with Gasteiger partial charge in [-0.05, 0) is 47.9 Å². The molecular weight excluding hydrogens is 444 g/mol. The van der Waals surface area contributed by atoms with Crippen LogP contribution in [0.3, 0.4) is 0 Å². The number of hydrogen-bond donors (Lipinski definition) is 3. The molecule has 186 valence electrons. The molecule has 2 unspecified atom stereocenters. The minimum absolute atomic E-state index is 0.0379. The molecule has 1 saturated carbocycles. The molecule has 0 aliphatic heterocycles. The Morgan fingerprint density at radius 2 is 1.66 bits per heavy atom. The number of benzene rings is 2. The van der Waals surface area contributed by atoms with Crippen molar-refractivity contribution in [1.29, 1.82) is 0 Å². The first-order valence-corrected chi connectivity index (χ1v) is 12.5. The van der Waals surface area contributed by atoms with Crippen LogP contribution >= 0.6 is 0 Å². The van der Waals surface area contributed by atoms with Crippen LogP contribution in [0.5, 0.6) is 0 Å². The van der Waals surface area contributed by atoms with Gasteiger partial charge in [-0.25, -0.2) is 9.59 Å². The Bertz CT molecular complexity index is 1050. The number of alkyl carbamates (subject to hydrolysis) is 1. The lowest BCUT2D eigenvalue weighted by atomic mass is 9.93. The second-order valence-electron chi connectivity index (χ2n) is 9.96. The number of amides is 2. The molecule has 2 atom stereocenters. The zero-order chi connectivity index (χ0) is 25.0. The van der Waals surface area contributed by atoms with Gasteiger partial charge in [0.25, 0.3) is 0 Å². The van der Waals surface area contributed by atoms with E-state index in [0.29, 0.717) is 25.2 Å². The first kappa shape index (κ1) is 24.8. The van der Waals surface area contributed by atoms with Crippen LogP contribution in [0.4, 0.5) is 4.79 Å². The van der Waals surface area contributed by atoms with Gasteiger partial charge in [0.2, 0.25) is 5.91 Å². The second kappa shape index (κ2) is 10.5. The van der Waals surface area contributed by atoms with Crippen molar-refractivity contribution in [2.45, 2.75) is 57.4 Å². The lowest BCUT2D eigenvalue weighted by Gasteiger charge is -2.28. The first-order valence-electron chi connectivity index (χ1n) is 12.5. The van der Waals surface area contributed by atoms with Crippen LogP contribution in [0.2, 0.25) is 0 Å². The van der Waals surface area contributed by atoms with Crippen LogP contribution in [-0.4, -0.2) is 41.8 Å². The standard InChI is InChI=1S/C28H34N2O5/c1-3-14-28(2,26(32)33)30-25(31)19(15-18-12-13-18)16-29-27(34)35-17-24-22-10-6-4-8-20(22)21-9-5-7-11-23(21)24/h4-11,18-19,24H,3,12-17H2,1-2H3,(H,29,34)(H,30,31)(H,32,33). The molecule has 0 bridgehead atoms. The van der Waals surface area contributed by atoms with Gasteiger partial charge in [-0.15, -0.1) is 0 Å². The maximum absolute atomic E-state index is 13.0. The number of nitrogens with one attached hydrogen (secondary N) is 2. The first-order chi connectivity index (χ1) is 16.8. The number of aliphatic carboxylic acids is 1. The molecule has 7 nitrogen and oxygen atoms in total. The fraction of sp³-hybridized carbons (Fsp3) is 0.464. The van der Waals surface area contributed by atoms with E-state index in [0.717, 1.165) is 35.1 Å². The number of carboxylic acids is 1. The normalized spacial score (nSPS) is 17.0. The van der Waals surface area contributed by atoms with E-state index in [2.05, 4.69) is 34.9 Å². The average molecular weight is 479 g/mol. The highest BCUT2D eigenvalue weighted by Gasteiger charge is 2.37. The molecule has 2 amide bonds. The minimum atomic E-state index is -1.32. The summed E-state index contributed by atoms with van der Waals surface area (Å²) in [5, 5.41) is 15.1. The fourth-order valence-electron chi connectivity index (χ4n) is 4.99. The summed E-state index contributed by atoms with van der Waals surface area (Å²) in [6.07, 6.45) is 3.13. The Hall–Kier alpha value is -3.35. The molecule has 35 heavy (non-hydrogen) atoms. The Morgan fingerprint density at radius 3 is 2.20 bits per heavy atom. The topological polar surface area (TPSA) is 105 Å². The molecule has 1 fully saturated rings. The Morgan fingerprint density at radius 1 is 1.06 bits per heavy atom. The van der Waals surface area contributed by atoms with Crippen molar-refractivity contribution in [3.8, 4) is 11.1 Å². The Labute approximate surface area is 206 Å². The van der Waals surface area contributed by atoms with Gasteiger partial charge in [-0.3, -0.25) is 4.79 Å². The predicted octanol–water partition coefficient (Wildman–Crippen LogP) is 4.70. The van der Waals surface area contributed by atoms with E-state index in [1.165, 1.54) is 6.92 Å². The molecule has 0 saturated heterocycles. The lowest BCUT2D eigenvalue weighted by Crippen LogP contribution is -2.55. The van der Waals surface area contributed by atoms with Crippen molar-refractivity contribution < 1.29 is 24.2 Å². The zero-order valence-electron chi connectivity index (χ0n) is 20.4. The van der Waals surface area contributed by atoms with Gasteiger partial charge in [0.15, 0.2) is 0 Å². The summed E-state index contributed by atoms with van der Waals surface area (Å²) >= 11 is 0. The molecule has 2 aromatic carbocycles. The summed E-state index contributed by atoms with van der Waals surface area (Å²) in [7, 11) is 0. The quantitative estimate of drug-likeness (QED) is 0.434. The predicted molar refractivity (Wildman–Crippen MR) is 133 cm³/mol. The second-order valence-corrected chi connectivity index (χ2v) is 9.96. The van der Waals surface area contributed by atoms with E-state index in [4.69, 9.17) is 4.74 Å². The third kappa shape index (κ3) is 5.66. The molecular formula is C28H34N2O5. The monoisotopic (exact) mass is 478 g/mol. The third-order valence-corrected chi connectivity index (χ3v) is 7.14. The van der Waals surface area contributed by atoms with Gasteiger partial charge < -0.3 is 20.5 Å². The summed E-state index contributed by atoms with van der Waals surface area (Å²) in [6, 6.07) is 16.3. The van der Waals surface area contributed by atoms with Crippen molar-refractivity contribution in [2.24, 2.45) is 11.8 Å². The highest BCUT2D eigenvalue weighted by molar-refractivity contribution is 5.88. The van der Waals surface area contributed by atoms with Crippen LogP contribution in [0.15, 0.2) is 48.5 Å². The molecule has 4 rings (SSSR count). The van der Waals surface area contributed by atoms with E-state index in [9.17, 15) is 19.5 Å². The fourth-order valence-corrected chi connectivity index (χ4v) is 4.99. The molecule has 7 heteroatoms. The maximum atomic E-state index is 13.0. The maximum Gasteiger partial charge on any atom is 0.407 e. The number of carbonyl (C=O) groups excluding carboxylic acids is 2. The number of rotatable bonds is 11. The Kier molecular flexibility index (Phi) is 7.43. The molecule has 2 aliphatic rings. The molecule has 2 aliphatic carbocycles. The van der Waals surface area contributed by atoms with Crippen molar-refractivity contribution in [3.63, 3.8) is 0 Å². The summed E-state index contributed by atoms with van der Waals surface area (Å²) in [5.41, 5.74) is 3.27. The Balaban J connectivity index is 1.36. The van der Waals surface area contributed by atoms with Gasteiger partial charge in [0.1, 0.15) is 12.1 Å². The van der Waals surface area contributed by atoms with E-state index < -0.39 is 23.5 Å². The SMILES string of the molecule is CCCC(C)(NC(=O)C(CNC(=O)OCC1c2ccccc2-c2ccccc21)CC1CC1)C(=O)O. The highest BCUT2D eigenvalue weighted by atomic mass is 16.5. The third-order valence-electron chi connectivity index (χ3n) is 7.14. The number of carboxylic acid groups (broad SMARTS) is 1. The number of hydrogen-bond acceptors (Lipinski definition) is 4. The highest BCUT2D eigenvalue weighted by Crippen LogP contribution is 2.44. The number of carbonyl (C=O) groups is 3. The number of fused-ring (bicyclic) bond motifs is 3. The van der Waals surface area contributed by atoms with Crippen LogP contribution in [0, 0.1) is 11.8 Å². The van der Waals surface area contributed by atoms with Crippen molar-refractivity contribution in [2.75, 3.05) is 13.2 Å². The molecule has 0 aromatic heterocycles. The molecule has 0 heterocycles. The average Bonchev–Trinajstić information content (AvgIpc) is 3.61. The number of ether oxygens (including phenoxy) is 1. The molecule has 0 spiro atoms. The molecule has 2 aromatic rings. The smallest absolute Gasteiger partial charge is 0.407 e. The van der Waals surface area contributed by atoms with Crippen LogP contribution < -0.4 is 10.6 Å². The van der Waals surface area contributed by atoms with Gasteiger partial charge >= 0.3 is 12.1 Å². The van der Waals surface area contributed by atoms with Crippen molar-refractivity contribution >= 4 is 18.0 Å². The molecule has 3 N–H and O–H groups in total. The minimum Gasteiger partial charge on any atom is -0.480 e. The van der Waals surface area contributed by atoms with E-state index >= 15 is 0 Å². The van der Waals surface area contributed by atoms with Gasteiger partial charge in [-0.1, -0.05) is 74.7 Å². The van der Waals surface area contributed by atoms with Gasteiger partial charge in [-0.2, -0.15) is 0 Å². The van der Waals surface area contributed by atoms with Crippen LogP contribution in [-0.2, 0) is 14.3 Å². The van der Waals surface area contributed by atoms with Gasteiger partial charge in [0.05, 0.1) is 5.92 Å². The van der Waals surface area contributed by atoms with Crippen LogP contribution in [0.1, 0.15) is 63.0 Å². The summed E-state index contributed by atoms with van der Waals surface area (Å²) in [5.74, 6) is -1.49. The molecule has 0 radical (unpaired) electrons. The van der Waals surface area contributed by atoms with Crippen LogP contribution in [0.25, 0.3) is 11.1 Å². The van der Waals surface area contributed by atoms with Crippen molar-refractivity contribution in [3.05, 3.63) is 59.7 Å². The lowest BCUT2D eigenvalue weighted by molar-refractivity contribution is -0.148. The van der Waals surface area contributed by atoms with E-state index in [-0.39, 0.29) is 25.0 Å². The zero-order valence-corrected chi connectivity index (χ0v) is 20.4. The van der Waals surface area contributed by atoms with Gasteiger partial charge in [0, 0.05) is 12.5 Å². The summed E-state index contributed by atoms with van der Waals surface area (Å²) in [4.78, 5) is 37.3. The van der Waals surface area contributed by atoms with E-state index in [1.807, 2.05) is 31.2 Å². The summed E-state index contributed by atoms with van der Waals surface area (Å²) < 4.78 is 5.59. The van der Waals surface area contributed by atoms with Crippen molar-refractivity contribution in [1.82, 2.24) is 10.6 Å². The largest absolute Gasteiger partial charge is 0.480 e.